The summed E-state index contributed by atoms with van der Waals surface area (Å²) in [5.41, 5.74) is 6.35. The quantitative estimate of drug-likeness (QED) is 0.514. The molecule has 0 amide bonds. The zero-order chi connectivity index (χ0) is 18.0. The fraction of sp³-hybridized carbons (Fsp3) is 0. The predicted octanol–water partition coefficient (Wildman–Crippen LogP) is 2.50. The van der Waals surface area contributed by atoms with Gasteiger partial charge in [-0.15, -0.1) is 10.2 Å². The molecule has 0 saturated carbocycles. The molecule has 0 unspecified atom stereocenters. The summed E-state index contributed by atoms with van der Waals surface area (Å²) in [5, 5.41) is 19.2. The van der Waals surface area contributed by atoms with Crippen molar-refractivity contribution in [2.45, 2.75) is 4.90 Å². The number of hydrogen-bond donors (Lipinski definition) is 2. The minimum absolute atomic E-state index is 0.0799. The first-order valence-electron chi connectivity index (χ1n) is 6.82. The van der Waals surface area contributed by atoms with Gasteiger partial charge in [-0.25, -0.2) is 8.42 Å². The van der Waals surface area contributed by atoms with E-state index in [9.17, 15) is 18.5 Å². The van der Waals surface area contributed by atoms with Crippen molar-refractivity contribution in [3.63, 3.8) is 0 Å². The average molecular weight is 377 g/mol. The minimum Gasteiger partial charge on any atom is -0.374 e. The van der Waals surface area contributed by atoms with Crippen LogP contribution in [0, 0.1) is 10.1 Å². The molecule has 0 aliphatic heterocycles. The molecule has 128 valence electrons. The standard InChI is InChI=1S/C14H11N5O4S2/c15-14-17-16-13(24-14)9-2-1-3-10(8-9)18-25(22,23)12-6-4-11(5-7-12)19(20)21/h1-8,18H,(H2,15,17). The number of non-ortho nitro benzene ring substituents is 1. The Hall–Kier alpha value is -3.05. The van der Waals surface area contributed by atoms with Crippen molar-refractivity contribution in [3.05, 3.63) is 58.6 Å². The molecule has 0 atom stereocenters. The van der Waals surface area contributed by atoms with E-state index in [4.69, 9.17) is 5.73 Å². The molecule has 9 nitrogen and oxygen atoms in total. The summed E-state index contributed by atoms with van der Waals surface area (Å²) in [5.74, 6) is 0. The molecule has 2 aromatic carbocycles. The van der Waals surface area contributed by atoms with E-state index in [0.717, 1.165) is 12.1 Å². The molecule has 0 spiro atoms. The lowest BCUT2D eigenvalue weighted by Crippen LogP contribution is -2.12. The van der Waals surface area contributed by atoms with Gasteiger partial charge in [0.05, 0.1) is 9.82 Å². The molecule has 3 rings (SSSR count). The van der Waals surface area contributed by atoms with Crippen molar-refractivity contribution < 1.29 is 13.3 Å². The molecule has 11 heteroatoms. The van der Waals surface area contributed by atoms with Gasteiger partial charge < -0.3 is 5.73 Å². The highest BCUT2D eigenvalue weighted by Gasteiger charge is 2.16. The first kappa shape index (κ1) is 16.8. The molecule has 0 aliphatic carbocycles. The summed E-state index contributed by atoms with van der Waals surface area (Å²) in [6.45, 7) is 0. The van der Waals surface area contributed by atoms with Crippen LogP contribution < -0.4 is 10.5 Å². The smallest absolute Gasteiger partial charge is 0.269 e. The van der Waals surface area contributed by atoms with Gasteiger partial charge in [0.2, 0.25) is 5.13 Å². The fourth-order valence-electron chi connectivity index (χ4n) is 2.03. The Morgan fingerprint density at radius 3 is 2.44 bits per heavy atom. The SMILES string of the molecule is Nc1nnc(-c2cccc(NS(=O)(=O)c3ccc([N+](=O)[O-])cc3)c2)s1. The van der Waals surface area contributed by atoms with Gasteiger partial charge in [0.15, 0.2) is 0 Å². The molecular weight excluding hydrogens is 366 g/mol. The van der Waals surface area contributed by atoms with Crippen molar-refractivity contribution in [2.75, 3.05) is 10.5 Å². The second-order valence-electron chi connectivity index (χ2n) is 4.88. The second kappa shape index (κ2) is 6.45. The number of sulfonamides is 1. The van der Waals surface area contributed by atoms with E-state index in [1.54, 1.807) is 24.3 Å². The van der Waals surface area contributed by atoms with Crippen molar-refractivity contribution >= 4 is 37.9 Å². The maximum absolute atomic E-state index is 12.4. The van der Waals surface area contributed by atoms with E-state index in [2.05, 4.69) is 14.9 Å². The van der Waals surface area contributed by atoms with E-state index in [-0.39, 0.29) is 10.6 Å². The van der Waals surface area contributed by atoms with Crippen molar-refractivity contribution in [1.29, 1.82) is 0 Å². The van der Waals surface area contributed by atoms with E-state index in [1.807, 2.05) is 0 Å². The number of rotatable bonds is 5. The van der Waals surface area contributed by atoms with Crippen LogP contribution in [0.5, 0.6) is 0 Å². The number of nitrogens with one attached hydrogen (secondary N) is 1. The fourth-order valence-corrected chi connectivity index (χ4v) is 3.68. The molecule has 3 N–H and O–H groups in total. The number of nitro benzene ring substituents is 1. The van der Waals surface area contributed by atoms with Crippen molar-refractivity contribution in [2.24, 2.45) is 0 Å². The monoisotopic (exact) mass is 377 g/mol. The number of hydrogen-bond acceptors (Lipinski definition) is 8. The highest BCUT2D eigenvalue weighted by Crippen LogP contribution is 2.27. The van der Waals surface area contributed by atoms with Gasteiger partial charge in [-0.2, -0.15) is 0 Å². The third kappa shape index (κ3) is 3.72. The van der Waals surface area contributed by atoms with Crippen LogP contribution in [0.2, 0.25) is 0 Å². The molecular formula is C14H11N5O4S2. The molecule has 0 saturated heterocycles. The lowest BCUT2D eigenvalue weighted by Gasteiger charge is -2.08. The maximum Gasteiger partial charge on any atom is 0.269 e. The summed E-state index contributed by atoms with van der Waals surface area (Å²) >= 11 is 1.18. The van der Waals surface area contributed by atoms with Gasteiger partial charge >= 0.3 is 0 Å². The zero-order valence-electron chi connectivity index (χ0n) is 12.5. The Bertz CT molecular complexity index is 1030. The zero-order valence-corrected chi connectivity index (χ0v) is 14.1. The number of nitrogen functional groups attached to an aromatic ring is 1. The second-order valence-corrected chi connectivity index (χ2v) is 7.57. The average Bonchev–Trinajstić information content (AvgIpc) is 3.01. The molecule has 0 fully saturated rings. The minimum atomic E-state index is -3.88. The summed E-state index contributed by atoms with van der Waals surface area (Å²) in [7, 11) is -3.88. The highest BCUT2D eigenvalue weighted by atomic mass is 32.2. The summed E-state index contributed by atoms with van der Waals surface area (Å²) in [6.07, 6.45) is 0. The third-order valence-electron chi connectivity index (χ3n) is 3.16. The molecule has 1 heterocycles. The number of benzene rings is 2. The van der Waals surface area contributed by atoms with Crippen molar-refractivity contribution in [1.82, 2.24) is 10.2 Å². The highest BCUT2D eigenvalue weighted by molar-refractivity contribution is 7.92. The number of nitrogens with two attached hydrogens (primary N) is 1. The van der Waals surface area contributed by atoms with Crippen LogP contribution in [0.4, 0.5) is 16.5 Å². The Kier molecular flexibility index (Phi) is 4.33. The van der Waals surface area contributed by atoms with E-state index in [0.29, 0.717) is 21.4 Å². The summed E-state index contributed by atoms with van der Waals surface area (Å²) in [6, 6.07) is 11.2. The Morgan fingerprint density at radius 1 is 1.12 bits per heavy atom. The summed E-state index contributed by atoms with van der Waals surface area (Å²) < 4.78 is 27.2. The van der Waals surface area contributed by atoms with Crippen LogP contribution in [-0.2, 0) is 10.0 Å². The van der Waals surface area contributed by atoms with Crippen LogP contribution in [-0.4, -0.2) is 23.5 Å². The predicted molar refractivity (Wildman–Crippen MR) is 93.7 cm³/mol. The number of nitrogens with zero attached hydrogens (tertiary/aromatic N) is 3. The van der Waals surface area contributed by atoms with Crippen molar-refractivity contribution in [3.8, 4) is 10.6 Å². The van der Waals surface area contributed by atoms with Crippen LogP contribution in [0.25, 0.3) is 10.6 Å². The topological polar surface area (TPSA) is 141 Å². The van der Waals surface area contributed by atoms with Crippen LogP contribution in [0.15, 0.2) is 53.4 Å². The van der Waals surface area contributed by atoms with E-state index >= 15 is 0 Å². The van der Waals surface area contributed by atoms with Gasteiger partial charge in [-0.05, 0) is 24.3 Å². The third-order valence-corrected chi connectivity index (χ3v) is 5.36. The first-order chi connectivity index (χ1) is 11.8. The number of anilines is 2. The molecule has 0 aliphatic rings. The van der Waals surface area contributed by atoms with Gasteiger partial charge in [-0.3, -0.25) is 14.8 Å². The lowest BCUT2D eigenvalue weighted by molar-refractivity contribution is -0.384. The van der Waals surface area contributed by atoms with E-state index < -0.39 is 14.9 Å². The van der Waals surface area contributed by atoms with Gasteiger partial charge in [0.1, 0.15) is 5.01 Å². The van der Waals surface area contributed by atoms with Gasteiger partial charge in [-0.1, -0.05) is 23.5 Å². The molecule has 3 aromatic rings. The van der Waals surface area contributed by atoms with Crippen LogP contribution in [0.1, 0.15) is 0 Å². The molecule has 25 heavy (non-hydrogen) atoms. The van der Waals surface area contributed by atoms with E-state index in [1.165, 1.54) is 23.5 Å². The maximum atomic E-state index is 12.4. The Balaban J connectivity index is 1.87. The lowest BCUT2D eigenvalue weighted by atomic mass is 10.2. The number of aromatic nitrogens is 2. The van der Waals surface area contributed by atoms with Gasteiger partial charge in [0, 0.05) is 23.4 Å². The Labute approximate surface area is 146 Å². The summed E-state index contributed by atoms with van der Waals surface area (Å²) in [4.78, 5) is 9.97. The van der Waals surface area contributed by atoms with Crippen LogP contribution in [0.3, 0.4) is 0 Å². The molecule has 0 radical (unpaired) electrons. The van der Waals surface area contributed by atoms with Crippen LogP contribution >= 0.6 is 11.3 Å². The Morgan fingerprint density at radius 2 is 1.84 bits per heavy atom. The number of nitro groups is 1. The van der Waals surface area contributed by atoms with Gasteiger partial charge in [0.25, 0.3) is 15.7 Å². The largest absolute Gasteiger partial charge is 0.374 e. The molecule has 0 bridgehead atoms. The first-order valence-corrected chi connectivity index (χ1v) is 9.12. The normalized spacial score (nSPS) is 11.2. The molecule has 1 aromatic heterocycles.